The first kappa shape index (κ1) is 15.2. The summed E-state index contributed by atoms with van der Waals surface area (Å²) in [5.74, 6) is 0.204. The fourth-order valence-electron chi connectivity index (χ4n) is 2.62. The lowest BCUT2D eigenvalue weighted by Gasteiger charge is -2.31. The molecule has 2 rings (SSSR count). The van der Waals surface area contributed by atoms with E-state index in [1.807, 2.05) is 0 Å². The summed E-state index contributed by atoms with van der Waals surface area (Å²) in [6, 6.07) is 8.33. The molecule has 0 radical (unpaired) electrons. The average Bonchev–Trinajstić information content (AvgIpc) is 2.48. The van der Waals surface area contributed by atoms with E-state index in [9.17, 15) is 4.79 Å². The monoisotopic (exact) mass is 275 g/mol. The molecule has 1 aromatic rings. The molecule has 1 aliphatic heterocycles. The van der Waals surface area contributed by atoms with E-state index >= 15 is 0 Å². The van der Waals surface area contributed by atoms with E-state index in [1.54, 1.807) is 0 Å². The predicted molar refractivity (Wildman–Crippen MR) is 81.0 cm³/mol. The zero-order chi connectivity index (χ0) is 14.4. The molecule has 0 N–H and O–H groups in total. The van der Waals surface area contributed by atoms with Crippen LogP contribution in [0.2, 0.25) is 0 Å². The Bertz CT molecular complexity index is 425. The number of ether oxygens (including phenoxy) is 1. The van der Waals surface area contributed by atoms with Crippen molar-refractivity contribution in [1.29, 1.82) is 0 Å². The van der Waals surface area contributed by atoms with Crippen molar-refractivity contribution < 1.29 is 9.53 Å². The van der Waals surface area contributed by atoms with E-state index in [0.29, 0.717) is 13.0 Å². The van der Waals surface area contributed by atoms with Gasteiger partial charge in [0.15, 0.2) is 5.78 Å². The van der Waals surface area contributed by atoms with Crippen molar-refractivity contribution in [1.82, 2.24) is 4.90 Å². The molecular formula is C17H25NO2. The minimum atomic E-state index is -0.249. The number of hydrogen-bond donors (Lipinski definition) is 0. The fourth-order valence-corrected chi connectivity index (χ4v) is 2.62. The molecule has 3 heteroatoms. The maximum atomic E-state index is 12.3. The summed E-state index contributed by atoms with van der Waals surface area (Å²) in [6.45, 7) is 7.73. The van der Waals surface area contributed by atoms with Crippen LogP contribution in [-0.4, -0.2) is 43.0 Å². The fraction of sp³-hybridized carbons (Fsp3) is 0.588. The maximum Gasteiger partial charge on any atom is 0.167 e. The average molecular weight is 275 g/mol. The molecule has 1 fully saturated rings. The van der Waals surface area contributed by atoms with Gasteiger partial charge in [0.05, 0.1) is 6.61 Å². The number of rotatable bonds is 6. The molecule has 1 aliphatic rings. The van der Waals surface area contributed by atoms with Crippen molar-refractivity contribution in [2.24, 2.45) is 0 Å². The van der Waals surface area contributed by atoms with Crippen molar-refractivity contribution in [3.8, 4) is 0 Å². The Morgan fingerprint density at radius 1 is 1.25 bits per heavy atom. The topological polar surface area (TPSA) is 29.5 Å². The highest BCUT2D eigenvalue weighted by atomic mass is 16.5. The van der Waals surface area contributed by atoms with Crippen LogP contribution in [0.25, 0.3) is 0 Å². The molecular weight excluding hydrogens is 250 g/mol. The largest absolute Gasteiger partial charge is 0.368 e. The highest BCUT2D eigenvalue weighted by Crippen LogP contribution is 2.11. The number of morpholine rings is 1. The smallest absolute Gasteiger partial charge is 0.167 e. The summed E-state index contributed by atoms with van der Waals surface area (Å²) in [5.41, 5.74) is 2.40. The van der Waals surface area contributed by atoms with Gasteiger partial charge in [0.25, 0.3) is 0 Å². The summed E-state index contributed by atoms with van der Waals surface area (Å²) in [4.78, 5) is 14.6. The second-order valence-electron chi connectivity index (χ2n) is 5.47. The molecule has 20 heavy (non-hydrogen) atoms. The lowest BCUT2D eigenvalue weighted by Crippen LogP contribution is -2.46. The van der Waals surface area contributed by atoms with E-state index in [0.717, 1.165) is 38.0 Å². The number of nitrogens with zero attached hydrogens (tertiary/aromatic N) is 1. The van der Waals surface area contributed by atoms with Crippen molar-refractivity contribution in [3.05, 3.63) is 35.4 Å². The molecule has 3 nitrogen and oxygen atoms in total. The Labute approximate surface area is 121 Å². The van der Waals surface area contributed by atoms with Crippen LogP contribution in [0, 0.1) is 0 Å². The van der Waals surface area contributed by atoms with Gasteiger partial charge >= 0.3 is 0 Å². The van der Waals surface area contributed by atoms with E-state index in [2.05, 4.69) is 43.0 Å². The van der Waals surface area contributed by atoms with Crippen LogP contribution in [0.15, 0.2) is 24.3 Å². The minimum absolute atomic E-state index is 0.204. The SMILES string of the molecule is CCCN1CCOC(C(=O)Cc2ccc(CC)cc2)C1. The van der Waals surface area contributed by atoms with E-state index in [1.165, 1.54) is 5.56 Å². The first-order chi connectivity index (χ1) is 9.72. The molecule has 0 aliphatic carbocycles. The van der Waals surface area contributed by atoms with E-state index < -0.39 is 0 Å². The van der Waals surface area contributed by atoms with Gasteiger partial charge in [-0.2, -0.15) is 0 Å². The van der Waals surface area contributed by atoms with Gasteiger partial charge in [0.2, 0.25) is 0 Å². The summed E-state index contributed by atoms with van der Waals surface area (Å²) < 4.78 is 5.64. The molecule has 110 valence electrons. The van der Waals surface area contributed by atoms with E-state index in [-0.39, 0.29) is 11.9 Å². The minimum Gasteiger partial charge on any atom is -0.368 e. The van der Waals surface area contributed by atoms with E-state index in [4.69, 9.17) is 4.74 Å². The van der Waals surface area contributed by atoms with Crippen LogP contribution in [0.3, 0.4) is 0 Å². The Balaban J connectivity index is 1.89. The predicted octanol–water partition coefficient (Wildman–Crippen LogP) is 2.47. The van der Waals surface area contributed by atoms with Crippen LogP contribution in [0.4, 0.5) is 0 Å². The Hall–Kier alpha value is -1.19. The zero-order valence-corrected chi connectivity index (χ0v) is 12.6. The number of carbonyl (C=O) groups is 1. The maximum absolute atomic E-state index is 12.3. The highest BCUT2D eigenvalue weighted by Gasteiger charge is 2.25. The Morgan fingerprint density at radius 2 is 1.95 bits per heavy atom. The van der Waals surface area contributed by atoms with Crippen LogP contribution in [-0.2, 0) is 22.4 Å². The molecule has 1 unspecified atom stereocenters. The zero-order valence-electron chi connectivity index (χ0n) is 12.6. The lowest BCUT2D eigenvalue weighted by molar-refractivity contribution is -0.135. The van der Waals surface area contributed by atoms with Gasteiger partial charge in [-0.25, -0.2) is 0 Å². The number of Topliss-reactive ketones (excluding diaryl/α,β-unsaturated/α-hetero) is 1. The molecule has 0 amide bonds. The quantitative estimate of drug-likeness (QED) is 0.799. The summed E-state index contributed by atoms with van der Waals surface area (Å²) >= 11 is 0. The number of aryl methyl sites for hydroxylation is 1. The molecule has 1 heterocycles. The third-order valence-corrected chi connectivity index (χ3v) is 3.86. The second-order valence-corrected chi connectivity index (χ2v) is 5.47. The molecule has 0 saturated carbocycles. The van der Waals surface area contributed by atoms with Gasteiger partial charge < -0.3 is 4.74 Å². The number of carbonyl (C=O) groups excluding carboxylic acids is 1. The lowest BCUT2D eigenvalue weighted by atomic mass is 10.0. The molecule has 0 aromatic heterocycles. The van der Waals surface area contributed by atoms with Crippen LogP contribution in [0.5, 0.6) is 0 Å². The molecule has 0 bridgehead atoms. The Kier molecular flexibility index (Phi) is 5.74. The normalized spacial score (nSPS) is 20.0. The first-order valence-electron chi connectivity index (χ1n) is 7.67. The summed E-state index contributed by atoms with van der Waals surface area (Å²) in [5, 5.41) is 0. The van der Waals surface area contributed by atoms with Crippen molar-refractivity contribution >= 4 is 5.78 Å². The third kappa shape index (κ3) is 4.15. The van der Waals surface area contributed by atoms with Crippen LogP contribution >= 0.6 is 0 Å². The van der Waals surface area contributed by atoms with Crippen molar-refractivity contribution in [2.45, 2.75) is 39.2 Å². The number of ketones is 1. The van der Waals surface area contributed by atoms with Gasteiger partial charge in [-0.1, -0.05) is 38.1 Å². The molecule has 0 spiro atoms. The second kappa shape index (κ2) is 7.55. The highest BCUT2D eigenvalue weighted by molar-refractivity contribution is 5.85. The first-order valence-corrected chi connectivity index (χ1v) is 7.67. The standard InChI is InChI=1S/C17H25NO2/c1-3-9-18-10-11-20-17(13-18)16(19)12-15-7-5-14(4-2)6-8-15/h5-8,17H,3-4,9-13H2,1-2H3. The Morgan fingerprint density at radius 3 is 2.60 bits per heavy atom. The van der Waals surface area contributed by atoms with Gasteiger partial charge in [0.1, 0.15) is 6.10 Å². The van der Waals surface area contributed by atoms with Crippen molar-refractivity contribution in [2.75, 3.05) is 26.2 Å². The summed E-state index contributed by atoms with van der Waals surface area (Å²) in [6.07, 6.45) is 2.39. The molecule has 1 atom stereocenters. The molecule has 1 aromatic carbocycles. The van der Waals surface area contributed by atoms with Gasteiger partial charge in [-0.05, 0) is 30.5 Å². The summed E-state index contributed by atoms with van der Waals surface area (Å²) in [7, 11) is 0. The van der Waals surface area contributed by atoms with Crippen molar-refractivity contribution in [3.63, 3.8) is 0 Å². The van der Waals surface area contributed by atoms with Crippen LogP contribution < -0.4 is 0 Å². The molecule has 1 saturated heterocycles. The third-order valence-electron chi connectivity index (χ3n) is 3.86. The van der Waals surface area contributed by atoms with Gasteiger partial charge in [-0.3, -0.25) is 9.69 Å². The van der Waals surface area contributed by atoms with Gasteiger partial charge in [-0.15, -0.1) is 0 Å². The van der Waals surface area contributed by atoms with Gasteiger partial charge in [0, 0.05) is 19.5 Å². The van der Waals surface area contributed by atoms with Crippen LogP contribution in [0.1, 0.15) is 31.4 Å². The number of benzene rings is 1. The number of hydrogen-bond acceptors (Lipinski definition) is 3.